The number of carbonyl (C=O) groups excluding carboxylic acids is 1. The molecule has 0 aliphatic carbocycles. The zero-order chi connectivity index (χ0) is 20.3. The standard InChI is InChI=1S/C22H27N5O2/c1-17(15-19-16-23-13-14-24-19)25-20(28)11-12-22-27-26-21(29-22)10-6-5-9-18-7-3-2-4-8-18/h2-4,7-8,13-14,16-17H,5-6,9-12,15H2,1H3,(H,25,28)/t17-/m0/s1. The largest absolute Gasteiger partial charge is 0.425 e. The number of unbranched alkanes of at least 4 members (excludes halogenated alkanes) is 1. The van der Waals surface area contributed by atoms with E-state index >= 15 is 0 Å². The summed E-state index contributed by atoms with van der Waals surface area (Å²) in [5.74, 6) is 1.12. The second-order valence-electron chi connectivity index (χ2n) is 7.15. The summed E-state index contributed by atoms with van der Waals surface area (Å²) in [6.45, 7) is 1.95. The molecule has 3 rings (SSSR count). The van der Waals surface area contributed by atoms with Crippen LogP contribution in [0.2, 0.25) is 0 Å². The molecule has 0 aliphatic heterocycles. The van der Waals surface area contributed by atoms with Crippen LogP contribution in [0.25, 0.3) is 0 Å². The lowest BCUT2D eigenvalue weighted by Gasteiger charge is -2.12. The van der Waals surface area contributed by atoms with Gasteiger partial charge in [0.25, 0.3) is 0 Å². The first-order valence-corrected chi connectivity index (χ1v) is 10.1. The number of aryl methyl sites for hydroxylation is 3. The molecule has 0 saturated heterocycles. The molecule has 1 aromatic carbocycles. The third-order valence-electron chi connectivity index (χ3n) is 4.56. The highest BCUT2D eigenvalue weighted by Crippen LogP contribution is 2.10. The van der Waals surface area contributed by atoms with Crippen molar-refractivity contribution < 1.29 is 9.21 Å². The van der Waals surface area contributed by atoms with Crippen molar-refractivity contribution in [3.63, 3.8) is 0 Å². The Morgan fingerprint density at radius 1 is 1.03 bits per heavy atom. The Bertz CT molecular complexity index is 867. The quantitative estimate of drug-likeness (QED) is 0.503. The van der Waals surface area contributed by atoms with Gasteiger partial charge in [-0.25, -0.2) is 0 Å². The fourth-order valence-corrected chi connectivity index (χ4v) is 3.11. The number of rotatable bonds is 11. The molecule has 0 spiro atoms. The van der Waals surface area contributed by atoms with Crippen molar-refractivity contribution >= 4 is 5.91 Å². The van der Waals surface area contributed by atoms with Crippen molar-refractivity contribution in [1.29, 1.82) is 0 Å². The topological polar surface area (TPSA) is 93.8 Å². The highest BCUT2D eigenvalue weighted by Gasteiger charge is 2.12. The zero-order valence-corrected chi connectivity index (χ0v) is 16.8. The zero-order valence-electron chi connectivity index (χ0n) is 16.8. The van der Waals surface area contributed by atoms with Crippen LogP contribution in [0.15, 0.2) is 53.3 Å². The monoisotopic (exact) mass is 393 g/mol. The van der Waals surface area contributed by atoms with E-state index in [4.69, 9.17) is 4.42 Å². The molecule has 7 nitrogen and oxygen atoms in total. The lowest BCUT2D eigenvalue weighted by Crippen LogP contribution is -2.34. The third kappa shape index (κ3) is 7.44. The molecule has 7 heteroatoms. The van der Waals surface area contributed by atoms with Crippen LogP contribution in [0.3, 0.4) is 0 Å². The molecule has 1 amide bonds. The van der Waals surface area contributed by atoms with Gasteiger partial charge in [0.15, 0.2) is 0 Å². The van der Waals surface area contributed by atoms with E-state index in [1.165, 1.54) is 5.56 Å². The number of hydrogen-bond donors (Lipinski definition) is 1. The minimum Gasteiger partial charge on any atom is -0.425 e. The Hall–Kier alpha value is -3.09. The van der Waals surface area contributed by atoms with Gasteiger partial charge in [0.05, 0.1) is 5.69 Å². The summed E-state index contributed by atoms with van der Waals surface area (Å²) in [5.41, 5.74) is 2.20. The predicted octanol–water partition coefficient (Wildman–Crippen LogP) is 3.11. The van der Waals surface area contributed by atoms with Crippen molar-refractivity contribution in [2.45, 2.75) is 57.9 Å². The van der Waals surface area contributed by atoms with Crippen molar-refractivity contribution in [3.8, 4) is 0 Å². The molecule has 0 radical (unpaired) electrons. The van der Waals surface area contributed by atoms with Crippen molar-refractivity contribution in [2.75, 3.05) is 0 Å². The first kappa shape index (κ1) is 20.6. The van der Waals surface area contributed by atoms with E-state index in [1.54, 1.807) is 18.6 Å². The molecule has 0 fully saturated rings. The van der Waals surface area contributed by atoms with E-state index in [1.807, 2.05) is 13.0 Å². The Balaban J connectivity index is 1.32. The van der Waals surface area contributed by atoms with Gasteiger partial charge in [-0.2, -0.15) is 0 Å². The van der Waals surface area contributed by atoms with E-state index in [-0.39, 0.29) is 11.9 Å². The van der Waals surface area contributed by atoms with Crippen molar-refractivity contribution in [2.24, 2.45) is 0 Å². The number of nitrogens with one attached hydrogen (secondary N) is 1. The van der Waals surface area contributed by atoms with E-state index in [0.29, 0.717) is 31.0 Å². The van der Waals surface area contributed by atoms with Crippen LogP contribution in [0.5, 0.6) is 0 Å². The van der Waals surface area contributed by atoms with Gasteiger partial charge in [0.1, 0.15) is 0 Å². The van der Waals surface area contributed by atoms with Crippen LogP contribution >= 0.6 is 0 Å². The molecule has 2 heterocycles. The van der Waals surface area contributed by atoms with Gasteiger partial charge >= 0.3 is 0 Å². The second-order valence-corrected chi connectivity index (χ2v) is 7.15. The van der Waals surface area contributed by atoms with Gasteiger partial charge in [0.2, 0.25) is 17.7 Å². The fraction of sp³-hybridized carbons (Fsp3) is 0.409. The fourth-order valence-electron chi connectivity index (χ4n) is 3.11. The number of carbonyl (C=O) groups is 1. The number of amides is 1. The van der Waals surface area contributed by atoms with E-state index in [9.17, 15) is 4.79 Å². The molecule has 29 heavy (non-hydrogen) atoms. The lowest BCUT2D eigenvalue weighted by atomic mass is 10.1. The Morgan fingerprint density at radius 2 is 1.79 bits per heavy atom. The van der Waals surface area contributed by atoms with Gasteiger partial charge in [0, 0.05) is 50.3 Å². The van der Waals surface area contributed by atoms with Crippen LogP contribution in [0.4, 0.5) is 0 Å². The summed E-state index contributed by atoms with van der Waals surface area (Å²) in [5, 5.41) is 11.1. The summed E-state index contributed by atoms with van der Waals surface area (Å²) in [7, 11) is 0. The molecule has 0 aliphatic rings. The van der Waals surface area contributed by atoms with Crippen LogP contribution in [-0.4, -0.2) is 32.1 Å². The molecule has 0 unspecified atom stereocenters. The van der Waals surface area contributed by atoms with Gasteiger partial charge < -0.3 is 9.73 Å². The predicted molar refractivity (Wildman–Crippen MR) is 109 cm³/mol. The smallest absolute Gasteiger partial charge is 0.220 e. The molecule has 1 N–H and O–H groups in total. The molecule has 0 saturated carbocycles. The maximum Gasteiger partial charge on any atom is 0.220 e. The first-order valence-electron chi connectivity index (χ1n) is 10.1. The van der Waals surface area contributed by atoms with E-state index in [0.717, 1.165) is 31.4 Å². The van der Waals surface area contributed by atoms with Crippen LogP contribution < -0.4 is 5.32 Å². The highest BCUT2D eigenvalue weighted by molar-refractivity contribution is 5.76. The van der Waals surface area contributed by atoms with E-state index in [2.05, 4.69) is 49.7 Å². The second kappa shape index (κ2) is 11.0. The maximum absolute atomic E-state index is 12.1. The molecule has 0 bridgehead atoms. The lowest BCUT2D eigenvalue weighted by molar-refractivity contribution is -0.121. The van der Waals surface area contributed by atoms with Crippen molar-refractivity contribution in [1.82, 2.24) is 25.5 Å². The number of hydrogen-bond acceptors (Lipinski definition) is 6. The molecule has 2 aromatic heterocycles. The van der Waals surface area contributed by atoms with Crippen LogP contribution in [0.1, 0.15) is 49.2 Å². The Kier molecular flexibility index (Phi) is 7.86. The molecule has 1 atom stereocenters. The Labute approximate surface area is 171 Å². The summed E-state index contributed by atoms with van der Waals surface area (Å²) in [6.07, 6.45) is 10.3. The first-order chi connectivity index (χ1) is 14.2. The minimum atomic E-state index is -0.0380. The molecule has 152 valence electrons. The maximum atomic E-state index is 12.1. The summed E-state index contributed by atoms with van der Waals surface area (Å²) in [4.78, 5) is 20.4. The van der Waals surface area contributed by atoms with Crippen LogP contribution in [-0.2, 0) is 30.5 Å². The normalized spacial score (nSPS) is 11.9. The number of aromatic nitrogens is 4. The third-order valence-corrected chi connectivity index (χ3v) is 4.56. The van der Waals surface area contributed by atoms with Gasteiger partial charge in [-0.1, -0.05) is 30.3 Å². The minimum absolute atomic E-state index is 0.0120. The number of benzene rings is 1. The van der Waals surface area contributed by atoms with Gasteiger partial charge in [-0.3, -0.25) is 14.8 Å². The SMILES string of the molecule is C[C@@H](Cc1cnccn1)NC(=O)CCc1nnc(CCCCc2ccccc2)o1. The van der Waals surface area contributed by atoms with Crippen molar-refractivity contribution in [3.05, 3.63) is 72.0 Å². The van der Waals surface area contributed by atoms with E-state index < -0.39 is 0 Å². The molecule has 3 aromatic rings. The summed E-state index contributed by atoms with van der Waals surface area (Å²) < 4.78 is 5.67. The molecular weight excluding hydrogens is 366 g/mol. The average molecular weight is 393 g/mol. The van der Waals surface area contributed by atoms with Gasteiger partial charge in [-0.15, -0.1) is 10.2 Å². The summed E-state index contributed by atoms with van der Waals surface area (Å²) in [6, 6.07) is 10.4. The molecular formula is C22H27N5O2. The van der Waals surface area contributed by atoms with Gasteiger partial charge in [-0.05, 0) is 31.7 Å². The highest BCUT2D eigenvalue weighted by atomic mass is 16.4. The van der Waals surface area contributed by atoms with Crippen LogP contribution in [0, 0.1) is 0 Å². The number of nitrogens with zero attached hydrogens (tertiary/aromatic N) is 4. The summed E-state index contributed by atoms with van der Waals surface area (Å²) >= 11 is 0. The Morgan fingerprint density at radius 3 is 2.55 bits per heavy atom. The average Bonchev–Trinajstić information content (AvgIpc) is 3.19.